The van der Waals surface area contributed by atoms with Gasteiger partial charge in [-0.2, -0.15) is 0 Å². The smallest absolute Gasteiger partial charge is 0.322 e. The van der Waals surface area contributed by atoms with Gasteiger partial charge in [0.2, 0.25) is 0 Å². The summed E-state index contributed by atoms with van der Waals surface area (Å²) in [5, 5.41) is 2.38. The first-order valence-electron chi connectivity index (χ1n) is 5.11. The summed E-state index contributed by atoms with van der Waals surface area (Å²) in [6.07, 6.45) is 0.285. The Morgan fingerprint density at radius 1 is 1.59 bits per heavy atom. The summed E-state index contributed by atoms with van der Waals surface area (Å²) >= 11 is 1.44. The Labute approximate surface area is 102 Å². The first kappa shape index (κ1) is 12.0. The van der Waals surface area contributed by atoms with E-state index >= 15 is 0 Å². The van der Waals surface area contributed by atoms with Gasteiger partial charge >= 0.3 is 5.97 Å². The second-order valence-corrected chi connectivity index (χ2v) is 4.62. The van der Waals surface area contributed by atoms with E-state index in [0.29, 0.717) is 5.39 Å². The van der Waals surface area contributed by atoms with Crippen LogP contribution in [0.3, 0.4) is 0 Å². The van der Waals surface area contributed by atoms with Crippen molar-refractivity contribution in [2.24, 2.45) is 5.73 Å². The van der Waals surface area contributed by atoms with Gasteiger partial charge in [0.05, 0.1) is 7.11 Å². The summed E-state index contributed by atoms with van der Waals surface area (Å²) in [6, 6.07) is 4.16. The Hall–Kier alpha value is -1.46. The fraction of sp³-hybridized carbons (Fsp3) is 0.250. The van der Waals surface area contributed by atoms with Gasteiger partial charge in [0, 0.05) is 10.1 Å². The molecule has 5 heteroatoms. The van der Waals surface area contributed by atoms with Crippen LogP contribution in [0.25, 0.3) is 10.1 Å². The first-order valence-corrected chi connectivity index (χ1v) is 5.99. The van der Waals surface area contributed by atoms with E-state index in [4.69, 9.17) is 5.73 Å². The number of hydrogen-bond donors (Lipinski definition) is 1. The van der Waals surface area contributed by atoms with E-state index in [0.717, 1.165) is 10.3 Å². The highest BCUT2D eigenvalue weighted by Gasteiger charge is 2.17. The van der Waals surface area contributed by atoms with Crippen LogP contribution in [-0.4, -0.2) is 19.1 Å². The molecule has 0 unspecified atom stereocenters. The molecule has 0 aliphatic heterocycles. The van der Waals surface area contributed by atoms with Gasteiger partial charge in [0.15, 0.2) is 0 Å². The van der Waals surface area contributed by atoms with E-state index in [9.17, 15) is 9.18 Å². The zero-order valence-corrected chi connectivity index (χ0v) is 10.1. The maximum absolute atomic E-state index is 13.7. The average Bonchev–Trinajstić information content (AvgIpc) is 2.72. The fourth-order valence-electron chi connectivity index (χ4n) is 1.73. The number of carbonyl (C=O) groups excluding carboxylic acids is 1. The number of ether oxygens (including phenoxy) is 1. The van der Waals surface area contributed by atoms with Crippen LogP contribution in [0.1, 0.15) is 5.56 Å². The highest BCUT2D eigenvalue weighted by molar-refractivity contribution is 7.17. The van der Waals surface area contributed by atoms with Crippen molar-refractivity contribution in [1.82, 2.24) is 0 Å². The minimum Gasteiger partial charge on any atom is -0.468 e. The van der Waals surface area contributed by atoms with Crippen molar-refractivity contribution in [2.45, 2.75) is 12.5 Å². The van der Waals surface area contributed by atoms with Gasteiger partial charge in [0.25, 0.3) is 0 Å². The van der Waals surface area contributed by atoms with Gasteiger partial charge in [0.1, 0.15) is 11.9 Å². The van der Waals surface area contributed by atoms with E-state index < -0.39 is 12.0 Å². The average molecular weight is 253 g/mol. The van der Waals surface area contributed by atoms with Crippen LogP contribution in [0, 0.1) is 5.82 Å². The molecule has 0 radical (unpaired) electrons. The molecule has 3 nitrogen and oxygen atoms in total. The number of hydrogen-bond acceptors (Lipinski definition) is 4. The number of halogens is 1. The van der Waals surface area contributed by atoms with Crippen molar-refractivity contribution in [3.63, 3.8) is 0 Å². The second kappa shape index (κ2) is 4.81. The molecule has 90 valence electrons. The number of rotatable bonds is 3. The maximum Gasteiger partial charge on any atom is 0.322 e. The molecule has 1 heterocycles. The molecule has 0 saturated carbocycles. The van der Waals surface area contributed by atoms with Crippen LogP contribution in [-0.2, 0) is 16.0 Å². The Morgan fingerprint density at radius 2 is 2.35 bits per heavy atom. The predicted octanol–water partition coefficient (Wildman–Crippen LogP) is 2.08. The number of nitrogens with two attached hydrogens (primary N) is 1. The summed E-state index contributed by atoms with van der Waals surface area (Å²) in [5.41, 5.74) is 6.42. The Morgan fingerprint density at radius 3 is 3.06 bits per heavy atom. The van der Waals surface area contributed by atoms with Crippen LogP contribution in [0.15, 0.2) is 23.6 Å². The molecule has 0 spiro atoms. The van der Waals surface area contributed by atoms with Crippen molar-refractivity contribution in [2.75, 3.05) is 7.11 Å². The third kappa shape index (κ3) is 2.30. The van der Waals surface area contributed by atoms with Gasteiger partial charge in [-0.1, -0.05) is 6.07 Å². The molecule has 0 amide bonds. The molecule has 0 aliphatic rings. The van der Waals surface area contributed by atoms with Crippen molar-refractivity contribution >= 4 is 27.4 Å². The number of methoxy groups -OCH3 is 1. The number of benzene rings is 1. The van der Waals surface area contributed by atoms with Crippen LogP contribution in [0.2, 0.25) is 0 Å². The lowest BCUT2D eigenvalue weighted by molar-refractivity contribution is -0.142. The van der Waals surface area contributed by atoms with Crippen LogP contribution in [0.4, 0.5) is 4.39 Å². The molecule has 0 saturated heterocycles. The minimum absolute atomic E-state index is 0.282. The van der Waals surface area contributed by atoms with E-state index in [1.807, 2.05) is 11.4 Å². The third-order valence-corrected chi connectivity index (χ3v) is 3.56. The fourth-order valence-corrected chi connectivity index (χ4v) is 2.72. The predicted molar refractivity (Wildman–Crippen MR) is 65.5 cm³/mol. The second-order valence-electron chi connectivity index (χ2n) is 3.71. The largest absolute Gasteiger partial charge is 0.468 e. The molecular weight excluding hydrogens is 241 g/mol. The van der Waals surface area contributed by atoms with E-state index in [1.165, 1.54) is 24.5 Å². The van der Waals surface area contributed by atoms with E-state index in [2.05, 4.69) is 4.74 Å². The summed E-state index contributed by atoms with van der Waals surface area (Å²) in [5.74, 6) is -0.767. The monoisotopic (exact) mass is 253 g/mol. The Kier molecular flexibility index (Phi) is 3.40. The van der Waals surface area contributed by atoms with E-state index in [-0.39, 0.29) is 12.2 Å². The van der Waals surface area contributed by atoms with Crippen molar-refractivity contribution in [3.05, 3.63) is 35.0 Å². The molecular formula is C12H12FNO2S. The van der Waals surface area contributed by atoms with Gasteiger partial charge < -0.3 is 10.5 Å². The van der Waals surface area contributed by atoms with Crippen molar-refractivity contribution in [1.29, 1.82) is 0 Å². The molecule has 2 N–H and O–H groups in total. The number of esters is 1. The summed E-state index contributed by atoms with van der Waals surface area (Å²) < 4.78 is 19.1. The first-order chi connectivity index (χ1) is 8.13. The summed E-state index contributed by atoms with van der Waals surface area (Å²) in [6.45, 7) is 0. The molecule has 17 heavy (non-hydrogen) atoms. The standard InChI is InChI=1S/C12H12FNO2S/c1-16-12(15)9(14)5-7-6-17-10-4-2-3-8(13)11(7)10/h2-4,6,9H,5,14H2,1H3/t9-/m0/s1. The zero-order valence-electron chi connectivity index (χ0n) is 9.27. The van der Waals surface area contributed by atoms with Crippen molar-refractivity contribution < 1.29 is 13.9 Å². The zero-order chi connectivity index (χ0) is 12.4. The maximum atomic E-state index is 13.7. The van der Waals surface area contributed by atoms with Gasteiger partial charge in [-0.3, -0.25) is 4.79 Å². The van der Waals surface area contributed by atoms with Gasteiger partial charge in [-0.25, -0.2) is 4.39 Å². The number of fused-ring (bicyclic) bond motifs is 1. The molecule has 0 fully saturated rings. The molecule has 1 atom stereocenters. The molecule has 1 aromatic heterocycles. The molecule has 2 aromatic rings. The van der Waals surface area contributed by atoms with Crippen molar-refractivity contribution in [3.8, 4) is 0 Å². The normalized spacial score (nSPS) is 12.6. The van der Waals surface area contributed by atoms with Gasteiger partial charge in [-0.05, 0) is 29.5 Å². The third-order valence-electron chi connectivity index (χ3n) is 2.57. The van der Waals surface area contributed by atoms with Crippen LogP contribution in [0.5, 0.6) is 0 Å². The molecule has 0 aliphatic carbocycles. The lowest BCUT2D eigenvalue weighted by Crippen LogP contribution is -2.33. The summed E-state index contributed by atoms with van der Waals surface area (Å²) in [7, 11) is 1.29. The van der Waals surface area contributed by atoms with Gasteiger partial charge in [-0.15, -0.1) is 11.3 Å². The minimum atomic E-state index is -0.752. The lowest BCUT2D eigenvalue weighted by atomic mass is 10.1. The topological polar surface area (TPSA) is 52.3 Å². The number of thiophene rings is 1. The molecule has 1 aromatic carbocycles. The lowest BCUT2D eigenvalue weighted by Gasteiger charge is -2.08. The van der Waals surface area contributed by atoms with Crippen LogP contribution < -0.4 is 5.73 Å². The molecule has 0 bridgehead atoms. The Balaban J connectivity index is 2.34. The molecule has 2 rings (SSSR count). The number of carbonyl (C=O) groups is 1. The van der Waals surface area contributed by atoms with E-state index in [1.54, 1.807) is 6.07 Å². The van der Waals surface area contributed by atoms with Crippen LogP contribution >= 0.6 is 11.3 Å². The highest BCUT2D eigenvalue weighted by atomic mass is 32.1. The SMILES string of the molecule is COC(=O)[C@@H](N)Cc1csc2cccc(F)c12. The Bertz CT molecular complexity index is 552. The quantitative estimate of drug-likeness (QED) is 0.852. The summed E-state index contributed by atoms with van der Waals surface area (Å²) in [4.78, 5) is 11.2. The highest BCUT2D eigenvalue weighted by Crippen LogP contribution is 2.28.